The van der Waals surface area contributed by atoms with Crippen molar-refractivity contribution in [2.45, 2.75) is 25.8 Å². The lowest BCUT2D eigenvalue weighted by Gasteiger charge is -2.05. The van der Waals surface area contributed by atoms with Crippen LogP contribution in [-0.4, -0.2) is 20.9 Å². The molecule has 0 fully saturated rings. The molecule has 0 atom stereocenters. The van der Waals surface area contributed by atoms with Crippen LogP contribution in [0.2, 0.25) is 0 Å². The summed E-state index contributed by atoms with van der Waals surface area (Å²) in [5.41, 5.74) is 9.69. The first-order valence-electron chi connectivity index (χ1n) is 6.30. The zero-order valence-corrected chi connectivity index (χ0v) is 10.5. The number of aromatic carboxylic acids is 1. The number of carboxylic acids is 1. The van der Waals surface area contributed by atoms with Crippen LogP contribution in [0.15, 0.2) is 24.4 Å². The molecule has 0 aliphatic heterocycles. The number of nitrogens with zero attached hydrogens (tertiary/aromatic N) is 2. The van der Waals surface area contributed by atoms with E-state index in [4.69, 9.17) is 10.8 Å². The molecule has 0 saturated carbocycles. The molecule has 0 unspecified atom stereocenters. The van der Waals surface area contributed by atoms with E-state index in [1.165, 1.54) is 17.5 Å². The first-order valence-corrected chi connectivity index (χ1v) is 6.30. The minimum atomic E-state index is -1.09. The van der Waals surface area contributed by atoms with Gasteiger partial charge >= 0.3 is 5.97 Å². The van der Waals surface area contributed by atoms with Crippen molar-refractivity contribution in [1.82, 2.24) is 9.78 Å². The number of carbonyl (C=O) groups is 1. The fraction of sp³-hybridized carbons (Fsp3) is 0.286. The van der Waals surface area contributed by atoms with Crippen molar-refractivity contribution in [3.05, 3.63) is 46.8 Å². The second kappa shape index (κ2) is 4.42. The van der Waals surface area contributed by atoms with Gasteiger partial charge in [0.25, 0.3) is 0 Å². The number of aromatic nitrogens is 2. The zero-order valence-electron chi connectivity index (χ0n) is 10.5. The fourth-order valence-corrected chi connectivity index (χ4v) is 2.59. The van der Waals surface area contributed by atoms with Crippen LogP contribution in [0.5, 0.6) is 0 Å². The highest BCUT2D eigenvalue weighted by Gasteiger charge is 2.14. The lowest BCUT2D eigenvalue weighted by Crippen LogP contribution is -2.04. The average Bonchev–Trinajstić information content (AvgIpc) is 2.95. The first kappa shape index (κ1) is 11.8. The van der Waals surface area contributed by atoms with Gasteiger partial charge in [-0.3, -0.25) is 4.68 Å². The van der Waals surface area contributed by atoms with Gasteiger partial charge in [0.2, 0.25) is 0 Å². The summed E-state index contributed by atoms with van der Waals surface area (Å²) in [6.45, 7) is 0.546. The van der Waals surface area contributed by atoms with Gasteiger partial charge in [0, 0.05) is 6.20 Å². The molecule has 3 rings (SSSR count). The number of rotatable bonds is 3. The van der Waals surface area contributed by atoms with Gasteiger partial charge < -0.3 is 10.8 Å². The van der Waals surface area contributed by atoms with Gasteiger partial charge in [-0.2, -0.15) is 5.10 Å². The SMILES string of the molecule is Nc1cn(Cc2ccc3c(c2)CCC3)nc1C(=O)O. The maximum atomic E-state index is 10.9. The Morgan fingerprint density at radius 1 is 1.37 bits per heavy atom. The minimum absolute atomic E-state index is 0.0823. The van der Waals surface area contributed by atoms with Gasteiger partial charge in [-0.05, 0) is 36.0 Å². The topological polar surface area (TPSA) is 81.1 Å². The molecular formula is C14H15N3O2. The molecule has 1 aliphatic carbocycles. The molecule has 5 heteroatoms. The summed E-state index contributed by atoms with van der Waals surface area (Å²) >= 11 is 0. The Kier molecular flexibility index (Phi) is 2.74. The predicted molar refractivity (Wildman–Crippen MR) is 71.2 cm³/mol. The number of aryl methyl sites for hydroxylation is 2. The molecule has 0 bridgehead atoms. The lowest BCUT2D eigenvalue weighted by atomic mass is 10.1. The van der Waals surface area contributed by atoms with Crippen molar-refractivity contribution in [3.63, 3.8) is 0 Å². The molecule has 98 valence electrons. The van der Waals surface area contributed by atoms with Crippen molar-refractivity contribution in [2.24, 2.45) is 0 Å². The molecule has 0 spiro atoms. The first-order chi connectivity index (χ1) is 9.13. The third kappa shape index (κ3) is 2.19. The lowest BCUT2D eigenvalue weighted by molar-refractivity contribution is 0.0690. The molecule has 3 N–H and O–H groups in total. The van der Waals surface area contributed by atoms with E-state index in [0.29, 0.717) is 6.54 Å². The summed E-state index contributed by atoms with van der Waals surface area (Å²) < 4.78 is 1.58. The van der Waals surface area contributed by atoms with E-state index in [-0.39, 0.29) is 11.4 Å². The highest BCUT2D eigenvalue weighted by molar-refractivity contribution is 5.91. The van der Waals surface area contributed by atoms with Crippen LogP contribution < -0.4 is 5.73 Å². The number of nitrogen functional groups attached to an aromatic ring is 1. The van der Waals surface area contributed by atoms with E-state index in [9.17, 15) is 4.79 Å². The Labute approximate surface area is 110 Å². The summed E-state index contributed by atoms with van der Waals surface area (Å²) in [5.74, 6) is -1.09. The molecular weight excluding hydrogens is 242 g/mol. The number of fused-ring (bicyclic) bond motifs is 1. The Bertz CT molecular complexity index is 646. The number of hydrogen-bond acceptors (Lipinski definition) is 3. The van der Waals surface area contributed by atoms with Crippen LogP contribution in [0.25, 0.3) is 0 Å². The molecule has 0 radical (unpaired) electrons. The molecule has 1 heterocycles. The maximum Gasteiger partial charge on any atom is 0.358 e. The van der Waals surface area contributed by atoms with Crippen LogP contribution >= 0.6 is 0 Å². The highest BCUT2D eigenvalue weighted by Crippen LogP contribution is 2.23. The van der Waals surface area contributed by atoms with Gasteiger partial charge in [-0.15, -0.1) is 0 Å². The summed E-state index contributed by atoms with van der Waals surface area (Å²) in [5, 5.41) is 12.9. The summed E-state index contributed by atoms with van der Waals surface area (Å²) in [6, 6.07) is 6.41. The van der Waals surface area contributed by atoms with Crippen LogP contribution in [0.1, 0.15) is 33.6 Å². The van der Waals surface area contributed by atoms with Crippen molar-refractivity contribution < 1.29 is 9.90 Å². The zero-order chi connectivity index (χ0) is 13.4. The smallest absolute Gasteiger partial charge is 0.358 e. The van der Waals surface area contributed by atoms with E-state index >= 15 is 0 Å². The number of benzene rings is 1. The van der Waals surface area contributed by atoms with Crippen molar-refractivity contribution in [3.8, 4) is 0 Å². The quantitative estimate of drug-likeness (QED) is 0.877. The average molecular weight is 257 g/mol. The Balaban J connectivity index is 1.85. The number of nitrogens with two attached hydrogens (primary N) is 1. The Morgan fingerprint density at radius 3 is 2.89 bits per heavy atom. The van der Waals surface area contributed by atoms with Crippen molar-refractivity contribution in [1.29, 1.82) is 0 Å². The second-order valence-electron chi connectivity index (χ2n) is 4.89. The van der Waals surface area contributed by atoms with Gasteiger partial charge in [-0.25, -0.2) is 4.79 Å². The van der Waals surface area contributed by atoms with Crippen LogP contribution in [-0.2, 0) is 19.4 Å². The van der Waals surface area contributed by atoms with Crippen molar-refractivity contribution in [2.75, 3.05) is 5.73 Å². The molecule has 1 aromatic carbocycles. The van der Waals surface area contributed by atoms with Gasteiger partial charge in [0.1, 0.15) is 0 Å². The predicted octanol–water partition coefficient (Wildman–Crippen LogP) is 1.70. The molecule has 0 saturated heterocycles. The maximum absolute atomic E-state index is 10.9. The second-order valence-corrected chi connectivity index (χ2v) is 4.89. The largest absolute Gasteiger partial charge is 0.476 e. The van der Waals surface area contributed by atoms with E-state index < -0.39 is 5.97 Å². The third-order valence-electron chi connectivity index (χ3n) is 3.50. The number of anilines is 1. The molecule has 0 amide bonds. The molecule has 19 heavy (non-hydrogen) atoms. The monoisotopic (exact) mass is 257 g/mol. The Morgan fingerprint density at radius 2 is 2.16 bits per heavy atom. The third-order valence-corrected chi connectivity index (χ3v) is 3.50. The van der Waals surface area contributed by atoms with Crippen LogP contribution in [0, 0.1) is 0 Å². The Hall–Kier alpha value is -2.30. The van der Waals surface area contributed by atoms with Crippen LogP contribution in [0.4, 0.5) is 5.69 Å². The minimum Gasteiger partial charge on any atom is -0.476 e. The van der Waals surface area contributed by atoms with Gasteiger partial charge in [0.15, 0.2) is 5.69 Å². The molecule has 1 aromatic heterocycles. The summed E-state index contributed by atoms with van der Waals surface area (Å²) in [6.07, 6.45) is 5.08. The van der Waals surface area contributed by atoms with E-state index in [0.717, 1.165) is 18.4 Å². The summed E-state index contributed by atoms with van der Waals surface area (Å²) in [7, 11) is 0. The standard InChI is InChI=1S/C14H15N3O2/c15-12-8-17(16-13(12)14(18)19)7-9-4-5-10-2-1-3-11(10)6-9/h4-6,8H,1-3,7,15H2,(H,18,19). The normalized spacial score (nSPS) is 13.5. The van der Waals surface area contributed by atoms with Gasteiger partial charge in [-0.1, -0.05) is 18.2 Å². The molecule has 2 aromatic rings. The van der Waals surface area contributed by atoms with E-state index in [1.54, 1.807) is 10.9 Å². The fourth-order valence-electron chi connectivity index (χ4n) is 2.59. The van der Waals surface area contributed by atoms with Gasteiger partial charge in [0.05, 0.1) is 12.2 Å². The van der Waals surface area contributed by atoms with Crippen LogP contribution in [0.3, 0.4) is 0 Å². The number of hydrogen-bond donors (Lipinski definition) is 2. The van der Waals surface area contributed by atoms with Crippen molar-refractivity contribution >= 4 is 11.7 Å². The number of carboxylic acid groups (broad SMARTS) is 1. The summed E-state index contributed by atoms with van der Waals surface area (Å²) in [4.78, 5) is 10.9. The molecule has 1 aliphatic rings. The van der Waals surface area contributed by atoms with E-state index in [2.05, 4.69) is 23.3 Å². The molecule has 5 nitrogen and oxygen atoms in total. The van der Waals surface area contributed by atoms with E-state index in [1.807, 2.05) is 0 Å². The highest BCUT2D eigenvalue weighted by atomic mass is 16.4.